The van der Waals surface area contributed by atoms with Gasteiger partial charge in [0, 0.05) is 0 Å². The maximum Gasteiger partial charge on any atom is 0.513 e. The molecule has 12 heteroatoms. The van der Waals surface area contributed by atoms with E-state index in [1.807, 2.05) is 27.7 Å². The molecule has 0 aliphatic carbocycles. The number of hydrogen-bond acceptors (Lipinski definition) is 12. The van der Waals surface area contributed by atoms with Gasteiger partial charge >= 0.3 is 24.4 Å². The number of rotatable bonds is 16. The summed E-state index contributed by atoms with van der Waals surface area (Å²) in [7, 11) is 0. The number of esters is 1. The van der Waals surface area contributed by atoms with Gasteiger partial charge in [-0.15, -0.1) is 0 Å². The van der Waals surface area contributed by atoms with Gasteiger partial charge in [-0.1, -0.05) is 46.6 Å². The standard InChI is InChI=1S/C28H43NO11/c1-7-9-13-34-26(31)39-23-12-11-21(16-24(23)40-27(32)35-14-10-8-2)15-22(29)25(30)36-17-19(5)37-28(33)38-20(6)18(3)4/h11-12,16,18-20,22H,7-10,13-15,17,29H2,1-6H3/t19-,20?,22-/m0/s1. The number of hydrogen-bond donors (Lipinski definition) is 1. The molecule has 1 unspecified atom stereocenters. The van der Waals surface area contributed by atoms with Crippen LogP contribution in [0, 0.1) is 5.92 Å². The first-order valence-corrected chi connectivity index (χ1v) is 13.6. The van der Waals surface area contributed by atoms with Gasteiger partial charge in [0.2, 0.25) is 0 Å². The van der Waals surface area contributed by atoms with E-state index in [4.69, 9.17) is 38.9 Å². The van der Waals surface area contributed by atoms with Crippen LogP contribution in [0.2, 0.25) is 0 Å². The van der Waals surface area contributed by atoms with Gasteiger partial charge < -0.3 is 38.9 Å². The van der Waals surface area contributed by atoms with Gasteiger partial charge in [-0.25, -0.2) is 14.4 Å². The van der Waals surface area contributed by atoms with Crippen molar-refractivity contribution in [1.29, 1.82) is 0 Å². The molecule has 226 valence electrons. The Labute approximate surface area is 235 Å². The molecule has 0 bridgehead atoms. The third-order valence-electron chi connectivity index (χ3n) is 5.57. The summed E-state index contributed by atoms with van der Waals surface area (Å²) >= 11 is 0. The molecule has 3 atom stereocenters. The Morgan fingerprint density at radius 2 is 1.35 bits per heavy atom. The van der Waals surface area contributed by atoms with Gasteiger partial charge in [-0.3, -0.25) is 4.79 Å². The monoisotopic (exact) mass is 569 g/mol. The summed E-state index contributed by atoms with van der Waals surface area (Å²) < 4.78 is 35.9. The van der Waals surface area contributed by atoms with Gasteiger partial charge in [-0.05, 0) is 56.7 Å². The zero-order valence-electron chi connectivity index (χ0n) is 24.3. The number of ether oxygens (including phenoxy) is 7. The lowest BCUT2D eigenvalue weighted by molar-refractivity contribution is -0.148. The Hall–Kier alpha value is -3.54. The van der Waals surface area contributed by atoms with Gasteiger partial charge in [0.1, 0.15) is 24.9 Å². The van der Waals surface area contributed by atoms with Crippen molar-refractivity contribution in [2.24, 2.45) is 11.7 Å². The fraction of sp³-hybridized carbons (Fsp3) is 0.643. The highest BCUT2D eigenvalue weighted by molar-refractivity contribution is 5.76. The number of unbranched alkanes of at least 4 members (excludes halogenated alkanes) is 2. The van der Waals surface area contributed by atoms with Gasteiger partial charge in [0.15, 0.2) is 11.5 Å². The minimum Gasteiger partial charge on any atom is -0.461 e. The first-order chi connectivity index (χ1) is 19.0. The SMILES string of the molecule is CCCCOC(=O)Oc1ccc(C[C@H](N)C(=O)OC[C@H](C)OC(=O)OC(C)C(C)C)cc1OC(=O)OCCCC. The molecule has 0 fully saturated rings. The zero-order valence-corrected chi connectivity index (χ0v) is 24.3. The quantitative estimate of drug-likeness (QED) is 0.118. The fourth-order valence-electron chi connectivity index (χ4n) is 2.84. The predicted molar refractivity (Wildman–Crippen MR) is 144 cm³/mol. The highest BCUT2D eigenvalue weighted by Gasteiger charge is 2.22. The van der Waals surface area contributed by atoms with Crippen LogP contribution in [0.5, 0.6) is 11.5 Å². The lowest BCUT2D eigenvalue weighted by Gasteiger charge is -2.19. The molecule has 40 heavy (non-hydrogen) atoms. The van der Waals surface area contributed by atoms with E-state index in [0.29, 0.717) is 18.4 Å². The molecule has 0 heterocycles. The summed E-state index contributed by atoms with van der Waals surface area (Å²) in [4.78, 5) is 48.4. The van der Waals surface area contributed by atoms with Crippen LogP contribution in [0.1, 0.15) is 72.8 Å². The van der Waals surface area contributed by atoms with Crippen molar-refractivity contribution < 1.29 is 52.3 Å². The average Bonchev–Trinajstić information content (AvgIpc) is 2.88. The Bertz CT molecular complexity index is 950. The molecule has 0 saturated carbocycles. The molecule has 0 aliphatic rings. The van der Waals surface area contributed by atoms with Crippen molar-refractivity contribution in [3.05, 3.63) is 23.8 Å². The highest BCUT2D eigenvalue weighted by atomic mass is 16.7. The first-order valence-electron chi connectivity index (χ1n) is 13.6. The van der Waals surface area contributed by atoms with E-state index in [0.717, 1.165) is 12.8 Å². The minimum absolute atomic E-state index is 0.00445. The third kappa shape index (κ3) is 14.0. The summed E-state index contributed by atoms with van der Waals surface area (Å²) in [6.45, 7) is 11.1. The Balaban J connectivity index is 2.79. The topological polar surface area (TPSA) is 159 Å². The molecular weight excluding hydrogens is 526 g/mol. The van der Waals surface area contributed by atoms with Gasteiger partial charge in [-0.2, -0.15) is 0 Å². The third-order valence-corrected chi connectivity index (χ3v) is 5.57. The predicted octanol–water partition coefficient (Wildman–Crippen LogP) is 5.32. The molecule has 0 aromatic heterocycles. The minimum atomic E-state index is -1.09. The van der Waals surface area contributed by atoms with E-state index in [2.05, 4.69) is 0 Å². The maximum atomic E-state index is 12.4. The summed E-state index contributed by atoms with van der Waals surface area (Å²) in [5, 5.41) is 0. The second-order valence-electron chi connectivity index (χ2n) is 9.58. The summed E-state index contributed by atoms with van der Waals surface area (Å²) in [5.74, 6) is -0.793. The Morgan fingerprint density at radius 3 is 1.90 bits per heavy atom. The van der Waals surface area contributed by atoms with Crippen LogP contribution in [0.3, 0.4) is 0 Å². The van der Waals surface area contributed by atoms with Crippen molar-refractivity contribution in [2.45, 2.75) is 91.9 Å². The molecule has 0 saturated heterocycles. The number of carbonyl (C=O) groups is 4. The lowest BCUT2D eigenvalue weighted by atomic mass is 10.1. The van der Waals surface area contributed by atoms with Crippen LogP contribution >= 0.6 is 0 Å². The normalized spacial score (nSPS) is 13.0. The van der Waals surface area contributed by atoms with E-state index in [9.17, 15) is 19.2 Å². The average molecular weight is 570 g/mol. The van der Waals surface area contributed by atoms with Crippen molar-refractivity contribution in [2.75, 3.05) is 19.8 Å². The molecular formula is C28H43NO11. The second kappa shape index (κ2) is 18.7. The maximum absolute atomic E-state index is 12.4. The Kier molecular flexibility index (Phi) is 16.1. The molecule has 1 rings (SSSR count). The molecule has 1 aromatic rings. The van der Waals surface area contributed by atoms with E-state index >= 15 is 0 Å². The van der Waals surface area contributed by atoms with Crippen molar-refractivity contribution in [1.82, 2.24) is 0 Å². The molecule has 0 aliphatic heterocycles. The number of nitrogens with two attached hydrogens (primary N) is 1. The first kappa shape index (κ1) is 34.5. The van der Waals surface area contributed by atoms with Gasteiger partial charge in [0.05, 0.1) is 13.2 Å². The van der Waals surface area contributed by atoms with E-state index in [1.54, 1.807) is 19.9 Å². The summed E-state index contributed by atoms with van der Waals surface area (Å²) in [6, 6.07) is 3.26. The second-order valence-corrected chi connectivity index (χ2v) is 9.58. The summed E-state index contributed by atoms with van der Waals surface area (Å²) in [6.07, 6.45) is -0.890. The van der Waals surface area contributed by atoms with Crippen LogP contribution < -0.4 is 15.2 Å². The van der Waals surface area contributed by atoms with Gasteiger partial charge in [0.25, 0.3) is 0 Å². The molecule has 0 radical (unpaired) electrons. The van der Waals surface area contributed by atoms with Crippen molar-refractivity contribution >= 4 is 24.4 Å². The molecule has 1 aromatic carbocycles. The smallest absolute Gasteiger partial charge is 0.461 e. The van der Waals surface area contributed by atoms with E-state index in [-0.39, 0.29) is 49.8 Å². The van der Waals surface area contributed by atoms with Crippen molar-refractivity contribution in [3.63, 3.8) is 0 Å². The number of carbonyl (C=O) groups excluding carboxylic acids is 4. The lowest BCUT2D eigenvalue weighted by Crippen LogP contribution is -2.36. The molecule has 12 nitrogen and oxygen atoms in total. The number of benzene rings is 1. The van der Waals surface area contributed by atoms with Crippen LogP contribution in [0.4, 0.5) is 14.4 Å². The largest absolute Gasteiger partial charge is 0.513 e. The fourth-order valence-corrected chi connectivity index (χ4v) is 2.84. The Morgan fingerprint density at radius 1 is 0.775 bits per heavy atom. The molecule has 2 N–H and O–H groups in total. The van der Waals surface area contributed by atoms with Crippen LogP contribution in [-0.4, -0.2) is 62.5 Å². The van der Waals surface area contributed by atoms with Crippen molar-refractivity contribution in [3.8, 4) is 11.5 Å². The summed E-state index contributed by atoms with van der Waals surface area (Å²) in [5.41, 5.74) is 6.50. The van der Waals surface area contributed by atoms with E-state index in [1.165, 1.54) is 12.1 Å². The molecule has 0 amide bonds. The molecule has 0 spiro atoms. The van der Waals surface area contributed by atoms with Crippen LogP contribution in [-0.2, 0) is 34.9 Å². The van der Waals surface area contributed by atoms with Crippen LogP contribution in [0.25, 0.3) is 0 Å². The zero-order chi connectivity index (χ0) is 30.1. The van der Waals surface area contributed by atoms with E-state index < -0.39 is 36.6 Å². The van der Waals surface area contributed by atoms with Crippen LogP contribution in [0.15, 0.2) is 18.2 Å². The highest BCUT2D eigenvalue weighted by Crippen LogP contribution is 2.30.